The molecule has 174 valence electrons. The van der Waals surface area contributed by atoms with Gasteiger partial charge in [-0.05, 0) is 50.0 Å². The largest absolute Gasteiger partial charge is 0.349 e. The Bertz CT molecular complexity index is 1220. The maximum atomic E-state index is 15.1. The number of carbonyl (C=O) groups excluding carboxylic acids is 2. The highest BCUT2D eigenvalue weighted by atomic mass is 19.1. The van der Waals surface area contributed by atoms with Crippen molar-refractivity contribution in [3.8, 4) is 0 Å². The van der Waals surface area contributed by atoms with Crippen molar-refractivity contribution in [2.24, 2.45) is 5.92 Å². The summed E-state index contributed by atoms with van der Waals surface area (Å²) in [7, 11) is 0. The zero-order chi connectivity index (χ0) is 24.1. The van der Waals surface area contributed by atoms with E-state index in [4.69, 9.17) is 0 Å². The summed E-state index contributed by atoms with van der Waals surface area (Å²) in [4.78, 5) is 29.5. The van der Waals surface area contributed by atoms with Gasteiger partial charge in [-0.15, -0.1) is 0 Å². The summed E-state index contributed by atoms with van der Waals surface area (Å²) in [6.07, 6.45) is 6.20. The molecule has 5 heteroatoms. The zero-order valence-corrected chi connectivity index (χ0v) is 19.7. The van der Waals surface area contributed by atoms with E-state index in [2.05, 4.69) is 5.32 Å². The van der Waals surface area contributed by atoms with Gasteiger partial charge in [0.1, 0.15) is 17.4 Å². The van der Waals surface area contributed by atoms with Crippen molar-refractivity contribution in [2.45, 2.75) is 50.7 Å². The van der Waals surface area contributed by atoms with Gasteiger partial charge in [-0.2, -0.15) is 0 Å². The topological polar surface area (TPSA) is 49.4 Å². The third-order valence-electron chi connectivity index (χ3n) is 6.79. The SMILES string of the molecule is CC(C)(C)NC(=O)C(c1ccccc1)N1C(=O)C(Cc2ccccc2)=C2C[C@@H]3C=C[C@@]21C=C3F. The van der Waals surface area contributed by atoms with E-state index >= 15 is 4.39 Å². The normalized spacial score (nSPS) is 24.2. The second-order valence-corrected chi connectivity index (χ2v) is 10.4. The Morgan fingerprint density at radius 2 is 1.76 bits per heavy atom. The lowest BCUT2D eigenvalue weighted by molar-refractivity contribution is -0.140. The van der Waals surface area contributed by atoms with E-state index in [9.17, 15) is 9.59 Å². The summed E-state index contributed by atoms with van der Waals surface area (Å²) >= 11 is 0. The number of amides is 2. The predicted octanol–water partition coefficient (Wildman–Crippen LogP) is 5.21. The first kappa shape index (κ1) is 22.3. The van der Waals surface area contributed by atoms with Crippen LogP contribution in [-0.4, -0.2) is 27.8 Å². The van der Waals surface area contributed by atoms with E-state index < -0.39 is 17.1 Å². The van der Waals surface area contributed by atoms with Gasteiger partial charge < -0.3 is 10.2 Å². The monoisotopic (exact) mass is 456 g/mol. The van der Waals surface area contributed by atoms with Crippen molar-refractivity contribution < 1.29 is 14.0 Å². The van der Waals surface area contributed by atoms with Crippen LogP contribution in [0.3, 0.4) is 0 Å². The number of hydrogen-bond donors (Lipinski definition) is 1. The molecular formula is C29H29FN2O2. The van der Waals surface area contributed by atoms with Crippen LogP contribution >= 0.6 is 0 Å². The van der Waals surface area contributed by atoms with Gasteiger partial charge in [0.05, 0.1) is 0 Å². The lowest BCUT2D eigenvalue weighted by atomic mass is 9.70. The smallest absolute Gasteiger partial charge is 0.252 e. The summed E-state index contributed by atoms with van der Waals surface area (Å²) in [5.74, 6) is -1.09. The molecule has 34 heavy (non-hydrogen) atoms. The molecule has 2 aromatic carbocycles. The van der Waals surface area contributed by atoms with Crippen molar-refractivity contribution in [3.63, 3.8) is 0 Å². The molecule has 0 aromatic heterocycles. The summed E-state index contributed by atoms with van der Waals surface area (Å²) < 4.78 is 15.1. The molecule has 3 aliphatic carbocycles. The molecule has 2 amide bonds. The van der Waals surface area contributed by atoms with Gasteiger partial charge in [0.25, 0.3) is 5.91 Å². The molecule has 0 saturated carbocycles. The van der Waals surface area contributed by atoms with Crippen LogP contribution in [0.1, 0.15) is 44.4 Å². The molecule has 0 radical (unpaired) electrons. The maximum absolute atomic E-state index is 15.1. The molecule has 3 atom stereocenters. The van der Waals surface area contributed by atoms with Crippen molar-refractivity contribution in [2.75, 3.05) is 0 Å². The number of hydrogen-bond acceptors (Lipinski definition) is 2. The number of carbonyl (C=O) groups is 2. The molecule has 4 aliphatic rings. The Labute approximate surface area is 199 Å². The van der Waals surface area contributed by atoms with E-state index in [1.807, 2.05) is 93.6 Å². The van der Waals surface area contributed by atoms with Crippen LogP contribution in [0.2, 0.25) is 0 Å². The van der Waals surface area contributed by atoms with Gasteiger partial charge in [-0.1, -0.05) is 72.8 Å². The number of rotatable bonds is 5. The van der Waals surface area contributed by atoms with Crippen LogP contribution in [0, 0.1) is 5.92 Å². The Kier molecular flexibility index (Phi) is 5.31. The number of nitrogens with one attached hydrogen (secondary N) is 1. The first-order chi connectivity index (χ1) is 16.2. The minimum atomic E-state index is -1.07. The molecule has 1 unspecified atom stereocenters. The average Bonchev–Trinajstić information content (AvgIpc) is 3.02. The molecule has 6 rings (SSSR count). The highest BCUT2D eigenvalue weighted by Gasteiger charge is 2.57. The highest BCUT2D eigenvalue weighted by Crippen LogP contribution is 2.54. The molecule has 1 N–H and O–H groups in total. The van der Waals surface area contributed by atoms with Gasteiger partial charge in [0, 0.05) is 23.5 Å². The van der Waals surface area contributed by atoms with Crippen molar-refractivity contribution in [1.82, 2.24) is 10.2 Å². The van der Waals surface area contributed by atoms with E-state index in [1.54, 1.807) is 11.0 Å². The van der Waals surface area contributed by atoms with Gasteiger partial charge in [-0.25, -0.2) is 4.39 Å². The standard InChI is InChI=1S/C29H29FN2O2/c1-28(2,3)31-26(33)25(20-12-8-5-9-13-20)32-27(34)22(16-19-10-6-4-7-11-19)23-17-21-14-15-29(23,32)18-24(21)30/h4-15,18,21,25H,16-17H2,1-3H3,(H,31,33)/t21-,25?,29+/m0/s1. The summed E-state index contributed by atoms with van der Waals surface area (Å²) in [6, 6.07) is 18.2. The van der Waals surface area contributed by atoms with E-state index in [0.717, 1.165) is 11.1 Å². The van der Waals surface area contributed by atoms with E-state index in [1.165, 1.54) is 0 Å². The minimum absolute atomic E-state index is 0.215. The molecule has 4 nitrogen and oxygen atoms in total. The van der Waals surface area contributed by atoms with Crippen molar-refractivity contribution >= 4 is 11.8 Å². The Morgan fingerprint density at radius 3 is 2.38 bits per heavy atom. The first-order valence-corrected chi connectivity index (χ1v) is 11.7. The average molecular weight is 457 g/mol. The molecule has 0 saturated heterocycles. The third-order valence-corrected chi connectivity index (χ3v) is 6.79. The first-order valence-electron chi connectivity index (χ1n) is 11.7. The number of halogens is 1. The summed E-state index contributed by atoms with van der Waals surface area (Å²) in [5, 5.41) is 3.05. The molecule has 1 spiro atoms. The molecule has 2 aromatic rings. The number of allylic oxidation sites excluding steroid dienone is 2. The fraction of sp³-hybridized carbons (Fsp3) is 0.310. The van der Waals surface area contributed by atoms with Crippen molar-refractivity contribution in [3.05, 3.63) is 107 Å². The Hall–Kier alpha value is -3.47. The molecule has 1 heterocycles. The Morgan fingerprint density at radius 1 is 1.12 bits per heavy atom. The van der Waals surface area contributed by atoms with Crippen LogP contribution < -0.4 is 5.32 Å². The van der Waals surface area contributed by atoms with Crippen LogP contribution in [-0.2, 0) is 16.0 Å². The fourth-order valence-electron chi connectivity index (χ4n) is 5.36. The predicted molar refractivity (Wildman–Crippen MR) is 130 cm³/mol. The number of benzene rings is 2. The molecule has 1 aliphatic heterocycles. The van der Waals surface area contributed by atoms with Crippen LogP contribution in [0.25, 0.3) is 0 Å². The van der Waals surface area contributed by atoms with Gasteiger partial charge in [0.15, 0.2) is 0 Å². The maximum Gasteiger partial charge on any atom is 0.252 e. The second-order valence-electron chi connectivity index (χ2n) is 10.4. The van der Waals surface area contributed by atoms with Crippen molar-refractivity contribution in [1.29, 1.82) is 0 Å². The molecular weight excluding hydrogens is 427 g/mol. The van der Waals surface area contributed by atoms with Gasteiger partial charge >= 0.3 is 0 Å². The minimum Gasteiger partial charge on any atom is -0.349 e. The molecule has 2 bridgehead atoms. The lowest BCUT2D eigenvalue weighted by Crippen LogP contribution is -2.56. The number of nitrogens with zero attached hydrogens (tertiary/aromatic N) is 1. The Balaban J connectivity index is 1.66. The third kappa shape index (κ3) is 3.69. The van der Waals surface area contributed by atoms with E-state index in [0.29, 0.717) is 24.0 Å². The quantitative estimate of drug-likeness (QED) is 0.629. The summed E-state index contributed by atoms with van der Waals surface area (Å²) in [6.45, 7) is 5.73. The highest BCUT2D eigenvalue weighted by molar-refractivity contribution is 6.03. The molecule has 0 fully saturated rings. The van der Waals surface area contributed by atoms with E-state index in [-0.39, 0.29) is 23.6 Å². The second kappa shape index (κ2) is 8.08. The van der Waals surface area contributed by atoms with Crippen LogP contribution in [0.4, 0.5) is 4.39 Å². The van der Waals surface area contributed by atoms with Crippen LogP contribution in [0.5, 0.6) is 0 Å². The fourth-order valence-corrected chi connectivity index (χ4v) is 5.36. The van der Waals surface area contributed by atoms with Gasteiger partial charge in [-0.3, -0.25) is 9.59 Å². The zero-order valence-electron chi connectivity index (χ0n) is 19.7. The van der Waals surface area contributed by atoms with Gasteiger partial charge in [0.2, 0.25) is 5.91 Å². The lowest BCUT2D eigenvalue weighted by Gasteiger charge is -2.46. The summed E-state index contributed by atoms with van der Waals surface area (Å²) in [5.41, 5.74) is 1.71. The van der Waals surface area contributed by atoms with Crippen LogP contribution in [0.15, 0.2) is 95.9 Å².